The number of phenols is 1. The molecule has 4 rings (SSSR count). The highest BCUT2D eigenvalue weighted by Crippen LogP contribution is 2.27. The molecule has 2 aromatic heterocycles. The second-order valence-electron chi connectivity index (χ2n) is 6.35. The number of rotatable bonds is 6. The van der Waals surface area contributed by atoms with Gasteiger partial charge in [-0.05, 0) is 41.1 Å². The van der Waals surface area contributed by atoms with Gasteiger partial charge in [0.15, 0.2) is 0 Å². The molecule has 0 spiro atoms. The average molecular weight is 371 g/mol. The zero-order valence-corrected chi connectivity index (χ0v) is 15.7. The maximum atomic E-state index is 9.54. The Balaban J connectivity index is 1.25. The molecule has 2 N–H and O–H groups in total. The Morgan fingerprint density at radius 1 is 1.28 bits per heavy atom. The van der Waals surface area contributed by atoms with Crippen molar-refractivity contribution in [3.8, 4) is 5.75 Å². The molecule has 3 aromatic rings. The van der Waals surface area contributed by atoms with Crippen LogP contribution in [-0.2, 0) is 5.75 Å². The summed E-state index contributed by atoms with van der Waals surface area (Å²) in [5, 5.41) is 12.9. The quantitative estimate of drug-likeness (QED) is 0.603. The lowest BCUT2D eigenvalue weighted by Gasteiger charge is -2.25. The first-order valence-corrected chi connectivity index (χ1v) is 10.6. The van der Waals surface area contributed by atoms with E-state index in [1.54, 1.807) is 12.1 Å². The molecule has 0 saturated carbocycles. The van der Waals surface area contributed by atoms with E-state index in [0.29, 0.717) is 5.75 Å². The molecule has 3 heterocycles. The van der Waals surface area contributed by atoms with Crippen molar-refractivity contribution >= 4 is 39.6 Å². The number of hydrogen-bond acceptors (Lipinski definition) is 4. The van der Waals surface area contributed by atoms with Crippen molar-refractivity contribution < 1.29 is 5.11 Å². The van der Waals surface area contributed by atoms with Crippen LogP contribution in [0.2, 0.25) is 0 Å². The van der Waals surface area contributed by atoms with Crippen LogP contribution in [0.15, 0.2) is 48.0 Å². The zero-order valence-electron chi connectivity index (χ0n) is 14.1. The summed E-state index contributed by atoms with van der Waals surface area (Å²) >= 11 is 3.82. The van der Waals surface area contributed by atoms with Crippen molar-refractivity contribution in [1.29, 1.82) is 0 Å². The Labute approximate surface area is 156 Å². The van der Waals surface area contributed by atoms with E-state index in [1.165, 1.54) is 21.4 Å². The highest BCUT2D eigenvalue weighted by Gasteiger charge is 2.13. The van der Waals surface area contributed by atoms with E-state index in [2.05, 4.69) is 39.7 Å². The van der Waals surface area contributed by atoms with Gasteiger partial charge in [-0.25, -0.2) is 0 Å². The Morgan fingerprint density at radius 2 is 2.24 bits per heavy atom. The van der Waals surface area contributed by atoms with Crippen LogP contribution in [0.1, 0.15) is 16.9 Å². The van der Waals surface area contributed by atoms with Crippen LogP contribution < -0.4 is 0 Å². The third-order valence-corrected chi connectivity index (χ3v) is 6.62. The van der Waals surface area contributed by atoms with Crippen LogP contribution in [0, 0.1) is 0 Å². The van der Waals surface area contributed by atoms with Crippen molar-refractivity contribution in [2.75, 3.05) is 25.4 Å². The highest BCUT2D eigenvalue weighted by atomic mass is 32.2. The fourth-order valence-electron chi connectivity index (χ4n) is 3.27. The molecule has 1 aliphatic heterocycles. The lowest BCUT2D eigenvalue weighted by Crippen LogP contribution is -2.30. The summed E-state index contributed by atoms with van der Waals surface area (Å²) in [4.78, 5) is 7.22. The Hall–Kier alpha value is -1.69. The fraction of sp³-hybridized carbons (Fsp3) is 0.300. The van der Waals surface area contributed by atoms with Crippen molar-refractivity contribution in [3.63, 3.8) is 0 Å². The summed E-state index contributed by atoms with van der Waals surface area (Å²) in [7, 11) is 0. The van der Waals surface area contributed by atoms with Gasteiger partial charge in [-0.1, -0.05) is 12.1 Å². The van der Waals surface area contributed by atoms with Crippen LogP contribution in [0.25, 0.3) is 16.5 Å². The molecule has 0 aliphatic carbocycles. The minimum absolute atomic E-state index is 0.314. The summed E-state index contributed by atoms with van der Waals surface area (Å²) in [6, 6.07) is 9.90. The smallest absolute Gasteiger partial charge is 0.117 e. The molecule has 0 unspecified atom stereocenters. The number of aromatic amines is 1. The first kappa shape index (κ1) is 16.8. The van der Waals surface area contributed by atoms with Crippen molar-refractivity contribution in [1.82, 2.24) is 9.88 Å². The van der Waals surface area contributed by atoms with E-state index >= 15 is 0 Å². The number of fused-ring (bicyclic) bond motifs is 1. The number of thiophene rings is 1. The Kier molecular flexibility index (Phi) is 5.15. The predicted molar refractivity (Wildman–Crippen MR) is 109 cm³/mol. The summed E-state index contributed by atoms with van der Waals surface area (Å²) in [6.45, 7) is 3.37. The number of nitrogens with one attached hydrogen (secondary N) is 1. The maximum Gasteiger partial charge on any atom is 0.117 e. The zero-order chi connectivity index (χ0) is 17.1. The molecule has 130 valence electrons. The molecule has 1 aliphatic rings. The van der Waals surface area contributed by atoms with Crippen LogP contribution in [0.3, 0.4) is 0 Å². The topological polar surface area (TPSA) is 39.3 Å². The second-order valence-corrected chi connectivity index (χ2v) is 8.41. The fourth-order valence-corrected chi connectivity index (χ4v) is 5.06. The number of thioether (sulfide) groups is 1. The van der Waals surface area contributed by atoms with E-state index < -0.39 is 0 Å². The molecular weight excluding hydrogens is 348 g/mol. The SMILES string of the molecule is Oc1ccc2c(CSCCN3CC=C(c4cccs4)CC3)c[nH]c2c1. The van der Waals surface area contributed by atoms with Crippen LogP contribution >= 0.6 is 23.1 Å². The van der Waals surface area contributed by atoms with Gasteiger partial charge in [0, 0.05) is 59.2 Å². The van der Waals surface area contributed by atoms with E-state index in [0.717, 1.165) is 43.1 Å². The second kappa shape index (κ2) is 7.68. The highest BCUT2D eigenvalue weighted by molar-refractivity contribution is 7.98. The van der Waals surface area contributed by atoms with Gasteiger partial charge in [0.25, 0.3) is 0 Å². The Morgan fingerprint density at radius 3 is 3.04 bits per heavy atom. The van der Waals surface area contributed by atoms with Crippen LogP contribution in [0.4, 0.5) is 0 Å². The van der Waals surface area contributed by atoms with E-state index in [-0.39, 0.29) is 0 Å². The van der Waals surface area contributed by atoms with Crippen molar-refractivity contribution in [3.05, 3.63) is 58.4 Å². The minimum atomic E-state index is 0.314. The standard InChI is InChI=1S/C20H22N2OS2/c23-17-3-4-18-16(13-21-19(18)12-17)14-24-11-9-22-7-5-15(6-8-22)20-2-1-10-25-20/h1-5,10,12-13,21,23H,6-9,11,14H2. The molecule has 0 saturated heterocycles. The van der Waals surface area contributed by atoms with E-state index in [1.807, 2.05) is 29.2 Å². The van der Waals surface area contributed by atoms with Crippen LogP contribution in [-0.4, -0.2) is 40.4 Å². The van der Waals surface area contributed by atoms with Gasteiger partial charge in [0.1, 0.15) is 5.75 Å². The lowest BCUT2D eigenvalue weighted by molar-refractivity contribution is 0.321. The first-order chi connectivity index (χ1) is 12.3. The number of phenolic OH excluding ortho intramolecular Hbond substituents is 1. The molecule has 0 bridgehead atoms. The van der Waals surface area contributed by atoms with Gasteiger partial charge in [0.05, 0.1) is 0 Å². The minimum Gasteiger partial charge on any atom is -0.508 e. The van der Waals surface area contributed by atoms with E-state index in [9.17, 15) is 5.11 Å². The van der Waals surface area contributed by atoms with Gasteiger partial charge in [-0.3, -0.25) is 4.90 Å². The molecule has 1 aromatic carbocycles. The number of aromatic nitrogens is 1. The van der Waals surface area contributed by atoms with Crippen molar-refractivity contribution in [2.45, 2.75) is 12.2 Å². The number of benzene rings is 1. The number of nitrogens with zero attached hydrogens (tertiary/aromatic N) is 1. The third-order valence-electron chi connectivity index (χ3n) is 4.69. The van der Waals surface area contributed by atoms with Crippen molar-refractivity contribution in [2.24, 2.45) is 0 Å². The summed E-state index contributed by atoms with van der Waals surface area (Å²) in [6.07, 6.45) is 5.62. The van der Waals surface area contributed by atoms with Gasteiger partial charge in [-0.2, -0.15) is 11.8 Å². The largest absolute Gasteiger partial charge is 0.508 e. The van der Waals surface area contributed by atoms with Gasteiger partial charge in [-0.15, -0.1) is 11.3 Å². The molecule has 25 heavy (non-hydrogen) atoms. The predicted octanol–water partition coefficient (Wildman–Crippen LogP) is 4.96. The molecule has 0 amide bonds. The number of aromatic hydroxyl groups is 1. The van der Waals surface area contributed by atoms with Crippen LogP contribution in [0.5, 0.6) is 5.75 Å². The number of H-pyrrole nitrogens is 1. The number of hydrogen-bond donors (Lipinski definition) is 2. The maximum absolute atomic E-state index is 9.54. The average Bonchev–Trinajstić information content (AvgIpc) is 3.29. The van der Waals surface area contributed by atoms with Gasteiger partial charge < -0.3 is 10.1 Å². The van der Waals surface area contributed by atoms with E-state index in [4.69, 9.17) is 0 Å². The van der Waals surface area contributed by atoms with Gasteiger partial charge >= 0.3 is 0 Å². The lowest BCUT2D eigenvalue weighted by atomic mass is 10.1. The molecule has 0 fully saturated rings. The molecular formula is C20H22N2OS2. The monoisotopic (exact) mass is 370 g/mol. The summed E-state index contributed by atoms with van der Waals surface area (Å²) < 4.78 is 0. The van der Waals surface area contributed by atoms with Gasteiger partial charge in [0.2, 0.25) is 0 Å². The third kappa shape index (κ3) is 3.94. The molecule has 5 heteroatoms. The normalized spacial score (nSPS) is 15.6. The summed E-state index contributed by atoms with van der Waals surface area (Å²) in [5.41, 5.74) is 3.84. The molecule has 0 atom stereocenters. The Bertz CT molecular complexity index is 867. The first-order valence-electron chi connectivity index (χ1n) is 8.61. The molecule has 0 radical (unpaired) electrons. The summed E-state index contributed by atoms with van der Waals surface area (Å²) in [5.74, 6) is 2.47. The molecule has 3 nitrogen and oxygen atoms in total.